The van der Waals surface area contributed by atoms with E-state index in [-0.39, 0.29) is 0 Å². The van der Waals surface area contributed by atoms with Gasteiger partial charge in [-0.05, 0) is 42.1 Å². The van der Waals surface area contributed by atoms with E-state index in [2.05, 4.69) is 31.2 Å². The second-order valence-electron chi connectivity index (χ2n) is 4.36. The van der Waals surface area contributed by atoms with Gasteiger partial charge in [-0.1, -0.05) is 30.3 Å². The summed E-state index contributed by atoms with van der Waals surface area (Å²) in [5.74, 6) is 0.922. The van der Waals surface area contributed by atoms with Crippen LogP contribution in [0.25, 0.3) is 10.1 Å². The second-order valence-corrected chi connectivity index (χ2v) is 5.52. The van der Waals surface area contributed by atoms with E-state index in [1.807, 2.05) is 30.3 Å². The van der Waals surface area contributed by atoms with E-state index >= 15 is 0 Å². The Bertz CT molecular complexity index is 655. The third-order valence-corrected chi connectivity index (χ3v) is 3.92. The molecule has 1 aromatic heterocycles. The number of hydrogen-bond acceptors (Lipinski definition) is 2. The normalized spacial score (nSPS) is 10.7. The Balaban J connectivity index is 1.79. The van der Waals surface area contributed by atoms with E-state index in [1.165, 1.54) is 20.5 Å². The van der Waals surface area contributed by atoms with E-state index in [0.717, 1.165) is 5.75 Å². The van der Waals surface area contributed by atoms with Crippen LogP contribution in [0.4, 0.5) is 0 Å². The summed E-state index contributed by atoms with van der Waals surface area (Å²) in [5, 5.41) is 1.30. The van der Waals surface area contributed by atoms with Gasteiger partial charge in [-0.3, -0.25) is 0 Å². The first-order chi connectivity index (χ1) is 8.81. The summed E-state index contributed by atoms with van der Waals surface area (Å²) in [6.07, 6.45) is 0. The third-order valence-electron chi connectivity index (χ3n) is 2.85. The van der Waals surface area contributed by atoms with Gasteiger partial charge in [0.25, 0.3) is 0 Å². The summed E-state index contributed by atoms with van der Waals surface area (Å²) in [4.78, 5) is 1.26. The average molecular weight is 254 g/mol. The zero-order valence-corrected chi connectivity index (χ0v) is 11.0. The van der Waals surface area contributed by atoms with E-state index in [1.54, 1.807) is 11.3 Å². The maximum Gasteiger partial charge on any atom is 0.122 e. The van der Waals surface area contributed by atoms with Crippen molar-refractivity contribution < 1.29 is 4.74 Å². The van der Waals surface area contributed by atoms with Crippen molar-refractivity contribution in [3.63, 3.8) is 0 Å². The minimum absolute atomic E-state index is 0.641. The minimum Gasteiger partial charge on any atom is -0.488 e. The largest absolute Gasteiger partial charge is 0.488 e. The molecule has 2 aromatic carbocycles. The van der Waals surface area contributed by atoms with Gasteiger partial charge in [0, 0.05) is 9.58 Å². The number of benzene rings is 2. The molecule has 0 aliphatic rings. The molecule has 18 heavy (non-hydrogen) atoms. The smallest absolute Gasteiger partial charge is 0.122 e. The lowest BCUT2D eigenvalue weighted by atomic mass is 10.2. The van der Waals surface area contributed by atoms with Crippen LogP contribution in [0.15, 0.2) is 54.6 Å². The predicted octanol–water partition coefficient (Wildman–Crippen LogP) is 4.79. The molecule has 0 saturated carbocycles. The molecule has 0 amide bonds. The summed E-state index contributed by atoms with van der Waals surface area (Å²) >= 11 is 1.81. The van der Waals surface area contributed by atoms with Gasteiger partial charge in [-0.25, -0.2) is 0 Å². The number of thiophene rings is 1. The Hall–Kier alpha value is -1.80. The van der Waals surface area contributed by atoms with Crippen LogP contribution in [0.5, 0.6) is 5.75 Å². The summed E-state index contributed by atoms with van der Waals surface area (Å²) in [6, 6.07) is 18.7. The second kappa shape index (κ2) is 4.83. The fourth-order valence-corrected chi connectivity index (χ4v) is 3.01. The first-order valence-electron chi connectivity index (χ1n) is 5.98. The summed E-state index contributed by atoms with van der Waals surface area (Å²) in [7, 11) is 0. The van der Waals surface area contributed by atoms with Crippen molar-refractivity contribution in [3.8, 4) is 5.75 Å². The Morgan fingerprint density at radius 1 is 1.00 bits per heavy atom. The molecule has 0 aliphatic heterocycles. The van der Waals surface area contributed by atoms with Crippen LogP contribution in [0.2, 0.25) is 0 Å². The highest BCUT2D eigenvalue weighted by atomic mass is 32.1. The van der Waals surface area contributed by atoms with Crippen LogP contribution < -0.4 is 4.74 Å². The molecule has 0 atom stereocenters. The lowest BCUT2D eigenvalue weighted by Gasteiger charge is -2.02. The van der Waals surface area contributed by atoms with Crippen LogP contribution in [-0.4, -0.2) is 0 Å². The fourth-order valence-electron chi connectivity index (χ4n) is 1.94. The number of rotatable bonds is 3. The van der Waals surface area contributed by atoms with Crippen molar-refractivity contribution in [2.75, 3.05) is 0 Å². The molecule has 3 aromatic rings. The quantitative estimate of drug-likeness (QED) is 0.653. The molecule has 0 N–H and O–H groups in total. The highest BCUT2D eigenvalue weighted by Crippen LogP contribution is 2.27. The molecule has 2 heteroatoms. The Morgan fingerprint density at radius 3 is 2.67 bits per heavy atom. The van der Waals surface area contributed by atoms with Gasteiger partial charge in [0.2, 0.25) is 0 Å². The number of ether oxygens (including phenoxy) is 1. The summed E-state index contributed by atoms with van der Waals surface area (Å²) in [5.41, 5.74) is 1.31. The topological polar surface area (TPSA) is 9.23 Å². The SMILES string of the molecule is Cc1ccc2cc(COc3ccccc3)sc2c1. The molecule has 1 nitrogen and oxygen atoms in total. The van der Waals surface area contributed by atoms with Gasteiger partial charge < -0.3 is 4.74 Å². The first kappa shape index (κ1) is 11.3. The van der Waals surface area contributed by atoms with Gasteiger partial charge in [0.05, 0.1) is 0 Å². The zero-order valence-electron chi connectivity index (χ0n) is 10.2. The van der Waals surface area contributed by atoms with Gasteiger partial charge in [0.15, 0.2) is 0 Å². The number of fused-ring (bicyclic) bond motifs is 1. The van der Waals surface area contributed by atoms with Crippen molar-refractivity contribution in [2.45, 2.75) is 13.5 Å². The van der Waals surface area contributed by atoms with Crippen LogP contribution in [-0.2, 0) is 6.61 Å². The van der Waals surface area contributed by atoms with Crippen molar-refractivity contribution in [3.05, 3.63) is 65.0 Å². The molecule has 0 saturated heterocycles. The first-order valence-corrected chi connectivity index (χ1v) is 6.80. The molecule has 0 radical (unpaired) electrons. The van der Waals surface area contributed by atoms with Gasteiger partial charge in [-0.15, -0.1) is 11.3 Å². The van der Waals surface area contributed by atoms with Crippen LogP contribution in [0, 0.1) is 6.92 Å². The maximum atomic E-state index is 5.76. The van der Waals surface area contributed by atoms with Crippen molar-refractivity contribution in [1.82, 2.24) is 0 Å². The summed E-state index contributed by atoms with van der Waals surface area (Å²) < 4.78 is 7.10. The van der Waals surface area contributed by atoms with Gasteiger partial charge in [0.1, 0.15) is 12.4 Å². The lowest BCUT2D eigenvalue weighted by molar-refractivity contribution is 0.310. The molecular weight excluding hydrogens is 240 g/mol. The molecule has 0 aliphatic carbocycles. The predicted molar refractivity (Wildman–Crippen MR) is 77.3 cm³/mol. The maximum absolute atomic E-state index is 5.76. The fraction of sp³-hybridized carbons (Fsp3) is 0.125. The highest BCUT2D eigenvalue weighted by Gasteiger charge is 2.02. The number of aryl methyl sites for hydroxylation is 1. The van der Waals surface area contributed by atoms with Crippen LogP contribution >= 0.6 is 11.3 Å². The highest BCUT2D eigenvalue weighted by molar-refractivity contribution is 7.19. The molecule has 0 spiro atoms. The Kier molecular flexibility index (Phi) is 3.03. The zero-order chi connectivity index (χ0) is 12.4. The van der Waals surface area contributed by atoms with Crippen LogP contribution in [0.1, 0.15) is 10.4 Å². The number of hydrogen-bond donors (Lipinski definition) is 0. The number of para-hydroxylation sites is 1. The van der Waals surface area contributed by atoms with E-state index < -0.39 is 0 Å². The molecule has 0 bridgehead atoms. The van der Waals surface area contributed by atoms with Crippen molar-refractivity contribution in [2.24, 2.45) is 0 Å². The van der Waals surface area contributed by atoms with Gasteiger partial charge >= 0.3 is 0 Å². The minimum atomic E-state index is 0.641. The molecule has 90 valence electrons. The lowest BCUT2D eigenvalue weighted by Crippen LogP contribution is -1.91. The standard InChI is InChI=1S/C16H14OS/c1-12-7-8-13-10-15(18-16(13)9-12)11-17-14-5-3-2-4-6-14/h2-10H,11H2,1H3. The van der Waals surface area contributed by atoms with E-state index in [0.29, 0.717) is 6.61 Å². The average Bonchev–Trinajstić information content (AvgIpc) is 2.79. The molecular formula is C16H14OS. The molecule has 1 heterocycles. The molecule has 3 rings (SSSR count). The van der Waals surface area contributed by atoms with E-state index in [9.17, 15) is 0 Å². The molecule has 0 fully saturated rings. The van der Waals surface area contributed by atoms with Crippen molar-refractivity contribution in [1.29, 1.82) is 0 Å². The third kappa shape index (κ3) is 2.39. The Morgan fingerprint density at radius 2 is 1.83 bits per heavy atom. The Labute approximate surface area is 111 Å². The van der Waals surface area contributed by atoms with Crippen LogP contribution in [0.3, 0.4) is 0 Å². The summed E-state index contributed by atoms with van der Waals surface area (Å²) in [6.45, 7) is 2.77. The molecule has 0 unspecified atom stereocenters. The van der Waals surface area contributed by atoms with Gasteiger partial charge in [-0.2, -0.15) is 0 Å². The van der Waals surface area contributed by atoms with Crippen molar-refractivity contribution >= 4 is 21.4 Å². The van der Waals surface area contributed by atoms with E-state index in [4.69, 9.17) is 4.74 Å². The monoisotopic (exact) mass is 254 g/mol.